The molecule has 28 nitrogen and oxygen atoms in total. The van der Waals surface area contributed by atoms with E-state index in [2.05, 4.69) is 0 Å². The number of hydrogen-bond donors (Lipinski definition) is 15. The predicted molar refractivity (Wildman–Crippen MR) is 209 cm³/mol. The first-order valence-corrected chi connectivity index (χ1v) is 18.9. The lowest BCUT2D eigenvalue weighted by Crippen LogP contribution is -2.62. The van der Waals surface area contributed by atoms with Crippen LogP contribution in [0.5, 0.6) is 69.0 Å². The number of carbonyl (C=O) groups is 7. The number of cyclic esters (lactones) is 2. The smallest absolute Gasteiger partial charge is 0.346 e. The Kier molecular flexibility index (Phi) is 11.9. The van der Waals surface area contributed by atoms with Crippen LogP contribution < -0.4 is 0 Å². The second-order valence-electron chi connectivity index (χ2n) is 14.8. The summed E-state index contributed by atoms with van der Waals surface area (Å²) in [6.07, 6.45) is -15.6. The van der Waals surface area contributed by atoms with Crippen molar-refractivity contribution in [3.8, 4) is 80.1 Å². The number of hydrogen-bond acceptors (Lipinski definition) is 26. The Bertz CT molecular complexity index is 2950. The lowest BCUT2D eigenvalue weighted by molar-refractivity contribution is -0.287. The molecule has 0 radical (unpaired) electrons. The molecule has 4 aromatic rings. The van der Waals surface area contributed by atoms with Gasteiger partial charge in [0, 0.05) is 22.8 Å². The Morgan fingerprint density at radius 3 is 1.61 bits per heavy atom. The summed E-state index contributed by atoms with van der Waals surface area (Å²) in [4.78, 5) is 93.9. The fraction of sp³-hybridized carbons (Fsp3) is 0.195. The van der Waals surface area contributed by atoms with E-state index in [9.17, 15) is 110 Å². The zero-order valence-corrected chi connectivity index (χ0v) is 33.7. The average molecular weight is 971 g/mol. The van der Waals surface area contributed by atoms with Crippen LogP contribution in [0.2, 0.25) is 0 Å². The molecule has 2 bridgehead atoms. The first-order valence-electron chi connectivity index (χ1n) is 18.9. The Morgan fingerprint density at radius 1 is 0.580 bits per heavy atom. The molecule has 4 aromatic carbocycles. The van der Waals surface area contributed by atoms with Gasteiger partial charge < -0.3 is 105 Å². The molecule has 28 heteroatoms. The number of phenolic OH excluding ortho intramolecular Hbond substituents is 12. The summed E-state index contributed by atoms with van der Waals surface area (Å²) in [5.41, 5.74) is -8.78. The van der Waals surface area contributed by atoms with E-state index in [1.165, 1.54) is 0 Å². The molecular formula is C41H30O28. The van der Waals surface area contributed by atoms with Crippen molar-refractivity contribution in [1.29, 1.82) is 0 Å². The van der Waals surface area contributed by atoms with Crippen LogP contribution in [0, 0.1) is 0 Å². The largest absolute Gasteiger partial charge is 0.504 e. The number of phenols is 12. The highest BCUT2D eigenvalue weighted by Crippen LogP contribution is 2.54. The minimum atomic E-state index is -2.76. The van der Waals surface area contributed by atoms with E-state index in [4.69, 9.17) is 28.4 Å². The number of carboxylic acids is 2. The van der Waals surface area contributed by atoms with Crippen molar-refractivity contribution in [2.75, 3.05) is 6.61 Å². The van der Waals surface area contributed by atoms with Gasteiger partial charge in [-0.05, 0) is 30.3 Å². The van der Waals surface area contributed by atoms with Crippen LogP contribution in [0.25, 0.3) is 11.1 Å². The Balaban J connectivity index is 1.43. The van der Waals surface area contributed by atoms with Crippen LogP contribution in [0.15, 0.2) is 42.0 Å². The maximum absolute atomic E-state index is 14.5. The van der Waals surface area contributed by atoms with Gasteiger partial charge in [-0.15, -0.1) is 0 Å². The van der Waals surface area contributed by atoms with Crippen molar-refractivity contribution >= 4 is 41.8 Å². The molecule has 0 spiro atoms. The number of aliphatic hydroxyl groups is 1. The van der Waals surface area contributed by atoms with Gasteiger partial charge in [0.1, 0.15) is 18.8 Å². The van der Waals surface area contributed by atoms with Crippen LogP contribution in [0.3, 0.4) is 0 Å². The Hall–Kier alpha value is -9.57. The lowest BCUT2D eigenvalue weighted by Gasteiger charge is -2.43. The molecule has 7 atom stereocenters. The molecule has 69 heavy (non-hydrogen) atoms. The number of aromatic hydroxyl groups is 12. The molecule has 1 fully saturated rings. The van der Waals surface area contributed by atoms with Gasteiger partial charge in [0.15, 0.2) is 57.8 Å². The summed E-state index contributed by atoms with van der Waals surface area (Å²) in [5, 5.41) is 157. The number of carbonyl (C=O) groups excluding carboxylic acids is 5. The third-order valence-corrected chi connectivity index (χ3v) is 10.7. The standard InChI is InChI=1S/C41H30O28/c42-13-1-8(2-14(43)24(13)49)36(59)67-33-28(53)18-7-64-37(60)9-3-15(44)25(50)29(54)20(9)21-10(4-16(45)26(51)30(21)55)40(63)69-41(65-18)34(33)68-39(62)12(6-19(47)48)23-22-11(5-17(46)27(52)31(22)56)38(61)66-32(23)35(57)58/h1-6,18,23,28,32-34,41-46,49-56H,7H2,(H,47,48)(H,57,58)/b12-6-/t18-,23-,28-,32-,33+,34-,41+/m1/s1. The quantitative estimate of drug-likeness (QED) is 0.0493. The number of aliphatic hydroxyl groups excluding tert-OH is 1. The number of fused-ring (bicyclic) bond motifs is 6. The fourth-order valence-corrected chi connectivity index (χ4v) is 7.47. The first-order chi connectivity index (χ1) is 32.3. The molecule has 3 aliphatic heterocycles. The van der Waals surface area contributed by atoms with Gasteiger partial charge in [0.2, 0.25) is 35.7 Å². The Labute approximate surface area is 379 Å². The third kappa shape index (κ3) is 8.11. The maximum atomic E-state index is 14.5. The van der Waals surface area contributed by atoms with Gasteiger partial charge in [0.25, 0.3) is 0 Å². The van der Waals surface area contributed by atoms with Crippen molar-refractivity contribution in [2.24, 2.45) is 0 Å². The van der Waals surface area contributed by atoms with Gasteiger partial charge >= 0.3 is 41.8 Å². The molecular weight excluding hydrogens is 940 g/mol. The fourth-order valence-electron chi connectivity index (χ4n) is 7.47. The number of esters is 5. The molecule has 3 aliphatic rings. The van der Waals surface area contributed by atoms with E-state index in [1.54, 1.807) is 0 Å². The molecule has 3 heterocycles. The summed E-state index contributed by atoms with van der Waals surface area (Å²) < 4.78 is 32.0. The molecule has 0 aliphatic carbocycles. The molecule has 7 rings (SSSR count). The normalized spacial score (nSPS) is 22.1. The van der Waals surface area contributed by atoms with Gasteiger partial charge in [-0.1, -0.05) is 0 Å². The SMILES string of the molecule is O=C(O)/C=C(\C(=O)O[C@H]1[C@@H]2OC(=O)c3cc(O)c(O)c(O)c3-c3c(cc(O)c(O)c3O)C(=O)OC[C@@H](O2)[C@@H](O)[C@@H]1OC(=O)c1cc(O)c(O)c(O)c1)[C@@H]1c2c(cc(O)c(O)c2O)C(=O)O[C@H]1C(=O)O. The van der Waals surface area contributed by atoms with E-state index < -0.39 is 205 Å². The highest BCUT2D eigenvalue weighted by atomic mass is 16.7. The van der Waals surface area contributed by atoms with Gasteiger partial charge in [0.05, 0.1) is 33.7 Å². The summed E-state index contributed by atoms with van der Waals surface area (Å²) in [6, 6.07) is 2.20. The van der Waals surface area contributed by atoms with Crippen molar-refractivity contribution in [2.45, 2.75) is 42.7 Å². The van der Waals surface area contributed by atoms with Crippen molar-refractivity contribution in [3.63, 3.8) is 0 Å². The number of benzene rings is 4. The highest BCUT2D eigenvalue weighted by Gasteiger charge is 2.54. The van der Waals surface area contributed by atoms with Gasteiger partial charge in [-0.25, -0.2) is 33.6 Å². The summed E-state index contributed by atoms with van der Waals surface area (Å²) in [7, 11) is 0. The zero-order chi connectivity index (χ0) is 50.8. The van der Waals surface area contributed by atoms with Crippen molar-refractivity contribution in [3.05, 3.63) is 69.8 Å². The van der Waals surface area contributed by atoms with Crippen LogP contribution in [0.1, 0.15) is 52.9 Å². The number of ether oxygens (including phenoxy) is 6. The predicted octanol–water partition coefficient (Wildman–Crippen LogP) is -0.210. The minimum Gasteiger partial charge on any atom is -0.504 e. The molecule has 0 aromatic heterocycles. The van der Waals surface area contributed by atoms with Crippen LogP contribution >= 0.6 is 0 Å². The van der Waals surface area contributed by atoms with E-state index in [1.807, 2.05) is 0 Å². The first kappa shape index (κ1) is 47.4. The highest BCUT2D eigenvalue weighted by molar-refractivity contribution is 6.08. The summed E-state index contributed by atoms with van der Waals surface area (Å²) in [5.74, 6) is -31.7. The zero-order valence-electron chi connectivity index (χ0n) is 33.7. The maximum Gasteiger partial charge on any atom is 0.346 e. The van der Waals surface area contributed by atoms with Gasteiger partial charge in [-0.3, -0.25) is 0 Å². The van der Waals surface area contributed by atoms with Crippen LogP contribution in [-0.4, -0.2) is 162 Å². The molecule has 0 saturated carbocycles. The monoisotopic (exact) mass is 970 g/mol. The number of rotatable bonds is 7. The Morgan fingerprint density at radius 2 is 1.07 bits per heavy atom. The van der Waals surface area contributed by atoms with Gasteiger partial charge in [-0.2, -0.15) is 0 Å². The third-order valence-electron chi connectivity index (χ3n) is 10.7. The molecule has 362 valence electrons. The summed E-state index contributed by atoms with van der Waals surface area (Å²) in [6.45, 7) is -1.27. The molecule has 15 N–H and O–H groups in total. The lowest BCUT2D eigenvalue weighted by atomic mass is 9.80. The van der Waals surface area contributed by atoms with Crippen LogP contribution in [-0.2, 0) is 42.8 Å². The van der Waals surface area contributed by atoms with Crippen molar-refractivity contribution < 1.29 is 139 Å². The van der Waals surface area contributed by atoms with E-state index in [0.717, 1.165) is 0 Å². The topological polar surface area (TPSA) is 478 Å². The van der Waals surface area contributed by atoms with E-state index in [-0.39, 0.29) is 6.08 Å². The van der Waals surface area contributed by atoms with Crippen molar-refractivity contribution in [1.82, 2.24) is 0 Å². The second kappa shape index (κ2) is 17.3. The summed E-state index contributed by atoms with van der Waals surface area (Å²) >= 11 is 0. The number of aliphatic carboxylic acids is 2. The minimum absolute atomic E-state index is 0.0704. The molecule has 0 amide bonds. The second-order valence-corrected chi connectivity index (χ2v) is 14.8. The molecule has 0 unspecified atom stereocenters. The van der Waals surface area contributed by atoms with Crippen LogP contribution in [0.4, 0.5) is 0 Å². The molecule has 1 saturated heterocycles. The van der Waals surface area contributed by atoms with E-state index >= 15 is 0 Å². The average Bonchev–Trinajstić information content (AvgIpc) is 3.28. The number of carboxylic acid groups (broad SMARTS) is 2. The van der Waals surface area contributed by atoms with E-state index in [0.29, 0.717) is 30.3 Å².